The van der Waals surface area contributed by atoms with E-state index in [1.807, 2.05) is 32.0 Å². The number of halogens is 1. The van der Waals surface area contributed by atoms with E-state index in [1.54, 1.807) is 18.2 Å². The van der Waals surface area contributed by atoms with Crippen molar-refractivity contribution in [3.63, 3.8) is 0 Å². The van der Waals surface area contributed by atoms with Gasteiger partial charge >= 0.3 is 0 Å². The minimum Gasteiger partial charge on any atom is -0.491 e. The SMILES string of the molecule is Cc1ccc(C)c(OC[C@H](O)Cn2cnc3ccc(Cl)cc3c2=O)c1. The van der Waals surface area contributed by atoms with Gasteiger partial charge in [-0.15, -0.1) is 0 Å². The van der Waals surface area contributed by atoms with Crippen LogP contribution < -0.4 is 10.3 Å². The van der Waals surface area contributed by atoms with Crippen LogP contribution >= 0.6 is 11.6 Å². The van der Waals surface area contributed by atoms with Gasteiger partial charge in [-0.1, -0.05) is 23.7 Å². The first-order valence-electron chi connectivity index (χ1n) is 7.97. The maximum Gasteiger partial charge on any atom is 0.261 e. The number of benzene rings is 2. The zero-order valence-corrected chi connectivity index (χ0v) is 14.8. The predicted octanol–water partition coefficient (Wildman–Crippen LogP) is 3.11. The van der Waals surface area contributed by atoms with E-state index < -0.39 is 6.10 Å². The molecule has 130 valence electrons. The van der Waals surface area contributed by atoms with Crippen molar-refractivity contribution in [3.05, 3.63) is 69.2 Å². The Kier molecular flexibility index (Phi) is 5.06. The van der Waals surface area contributed by atoms with Crippen molar-refractivity contribution >= 4 is 22.5 Å². The Balaban J connectivity index is 1.73. The van der Waals surface area contributed by atoms with Crippen molar-refractivity contribution in [2.45, 2.75) is 26.5 Å². The van der Waals surface area contributed by atoms with E-state index in [-0.39, 0.29) is 18.7 Å². The second kappa shape index (κ2) is 7.25. The summed E-state index contributed by atoms with van der Waals surface area (Å²) in [5, 5.41) is 11.1. The highest BCUT2D eigenvalue weighted by Crippen LogP contribution is 2.19. The van der Waals surface area contributed by atoms with E-state index in [0.29, 0.717) is 15.9 Å². The number of hydrogen-bond donors (Lipinski definition) is 1. The van der Waals surface area contributed by atoms with Crippen LogP contribution in [0.15, 0.2) is 47.5 Å². The van der Waals surface area contributed by atoms with Gasteiger partial charge in [-0.3, -0.25) is 9.36 Å². The standard InChI is InChI=1S/C19H19ClN2O3/c1-12-3-4-13(2)18(7-12)25-10-15(23)9-22-11-21-17-6-5-14(20)8-16(17)19(22)24/h3-8,11,15,23H,9-10H2,1-2H3/t15-/m1/s1. The lowest BCUT2D eigenvalue weighted by atomic mass is 10.1. The number of aliphatic hydroxyl groups excluding tert-OH is 1. The maximum absolute atomic E-state index is 12.5. The molecular formula is C19H19ClN2O3. The summed E-state index contributed by atoms with van der Waals surface area (Å²) in [6.07, 6.45) is 0.593. The summed E-state index contributed by atoms with van der Waals surface area (Å²) in [7, 11) is 0. The quantitative estimate of drug-likeness (QED) is 0.761. The van der Waals surface area contributed by atoms with Crippen LogP contribution in [-0.2, 0) is 6.54 Å². The summed E-state index contributed by atoms with van der Waals surface area (Å²) in [6.45, 7) is 4.11. The van der Waals surface area contributed by atoms with Gasteiger partial charge in [0.05, 0.1) is 23.8 Å². The number of rotatable bonds is 5. The van der Waals surface area contributed by atoms with Gasteiger partial charge < -0.3 is 9.84 Å². The minimum atomic E-state index is -0.837. The lowest BCUT2D eigenvalue weighted by Gasteiger charge is -2.15. The molecule has 1 N–H and O–H groups in total. The van der Waals surface area contributed by atoms with E-state index in [2.05, 4.69) is 4.98 Å². The van der Waals surface area contributed by atoms with Crippen LogP contribution in [-0.4, -0.2) is 27.4 Å². The smallest absolute Gasteiger partial charge is 0.261 e. The van der Waals surface area contributed by atoms with Crippen molar-refractivity contribution in [2.24, 2.45) is 0 Å². The molecule has 0 bridgehead atoms. The molecule has 0 aliphatic carbocycles. The molecular weight excluding hydrogens is 340 g/mol. The topological polar surface area (TPSA) is 64.3 Å². The number of fused-ring (bicyclic) bond motifs is 1. The molecule has 0 aliphatic heterocycles. The maximum atomic E-state index is 12.5. The van der Waals surface area contributed by atoms with Crippen molar-refractivity contribution in [2.75, 3.05) is 6.61 Å². The molecule has 6 heteroatoms. The molecule has 0 saturated carbocycles. The Labute approximate surface area is 150 Å². The van der Waals surface area contributed by atoms with Crippen molar-refractivity contribution < 1.29 is 9.84 Å². The summed E-state index contributed by atoms with van der Waals surface area (Å²) < 4.78 is 7.06. The van der Waals surface area contributed by atoms with Gasteiger partial charge in [-0.25, -0.2) is 4.98 Å². The zero-order chi connectivity index (χ0) is 18.0. The van der Waals surface area contributed by atoms with E-state index in [9.17, 15) is 9.90 Å². The molecule has 0 unspecified atom stereocenters. The molecule has 1 heterocycles. The van der Waals surface area contributed by atoms with Crippen LogP contribution in [0.4, 0.5) is 0 Å². The molecule has 5 nitrogen and oxygen atoms in total. The first kappa shape index (κ1) is 17.5. The third-order valence-electron chi connectivity index (χ3n) is 3.97. The molecule has 3 rings (SSSR count). The molecule has 1 aromatic heterocycles. The fourth-order valence-electron chi connectivity index (χ4n) is 2.59. The van der Waals surface area contributed by atoms with Crippen molar-refractivity contribution in [1.82, 2.24) is 9.55 Å². The number of aliphatic hydroxyl groups is 1. The molecule has 1 atom stereocenters. The number of hydrogen-bond acceptors (Lipinski definition) is 4. The van der Waals surface area contributed by atoms with Gasteiger partial charge in [0.2, 0.25) is 0 Å². The highest BCUT2D eigenvalue weighted by Gasteiger charge is 2.11. The number of aryl methyl sites for hydroxylation is 2. The second-order valence-electron chi connectivity index (χ2n) is 6.10. The molecule has 25 heavy (non-hydrogen) atoms. The molecule has 0 radical (unpaired) electrons. The summed E-state index contributed by atoms with van der Waals surface area (Å²) in [6, 6.07) is 10.9. The number of nitrogens with zero attached hydrogens (tertiary/aromatic N) is 2. The summed E-state index contributed by atoms with van der Waals surface area (Å²) >= 11 is 5.95. The second-order valence-corrected chi connectivity index (χ2v) is 6.53. The number of ether oxygens (including phenoxy) is 1. The van der Waals surface area contributed by atoms with Gasteiger partial charge in [-0.05, 0) is 49.2 Å². The van der Waals surface area contributed by atoms with Crippen molar-refractivity contribution in [1.29, 1.82) is 0 Å². The van der Waals surface area contributed by atoms with Crippen LogP contribution in [0.3, 0.4) is 0 Å². The predicted molar refractivity (Wildman–Crippen MR) is 98.4 cm³/mol. The van der Waals surface area contributed by atoms with E-state index in [0.717, 1.165) is 16.9 Å². The largest absolute Gasteiger partial charge is 0.491 e. The van der Waals surface area contributed by atoms with Gasteiger partial charge in [0, 0.05) is 5.02 Å². The number of aromatic nitrogens is 2. The lowest BCUT2D eigenvalue weighted by Crippen LogP contribution is -2.30. The molecule has 0 aliphatic rings. The fourth-order valence-corrected chi connectivity index (χ4v) is 2.76. The highest BCUT2D eigenvalue weighted by molar-refractivity contribution is 6.31. The average molecular weight is 359 g/mol. The van der Waals surface area contributed by atoms with Crippen LogP contribution in [0.2, 0.25) is 5.02 Å². The van der Waals surface area contributed by atoms with Crippen LogP contribution in [0, 0.1) is 13.8 Å². The first-order valence-corrected chi connectivity index (χ1v) is 8.34. The molecule has 0 saturated heterocycles. The van der Waals surface area contributed by atoms with Crippen LogP contribution in [0.5, 0.6) is 5.75 Å². The monoisotopic (exact) mass is 358 g/mol. The summed E-state index contributed by atoms with van der Waals surface area (Å²) in [5.74, 6) is 0.731. The molecule has 0 spiro atoms. The Morgan fingerprint density at radius 2 is 2.04 bits per heavy atom. The summed E-state index contributed by atoms with van der Waals surface area (Å²) in [4.78, 5) is 16.7. The Bertz CT molecular complexity index is 969. The van der Waals surface area contributed by atoms with Gasteiger partial charge in [0.1, 0.15) is 18.5 Å². The fraction of sp³-hybridized carbons (Fsp3) is 0.263. The third kappa shape index (κ3) is 4.00. The van der Waals surface area contributed by atoms with E-state index >= 15 is 0 Å². The van der Waals surface area contributed by atoms with Crippen molar-refractivity contribution in [3.8, 4) is 5.75 Å². The lowest BCUT2D eigenvalue weighted by molar-refractivity contribution is 0.0911. The molecule has 0 amide bonds. The average Bonchev–Trinajstić information content (AvgIpc) is 2.58. The van der Waals surface area contributed by atoms with Crippen LogP contribution in [0.1, 0.15) is 11.1 Å². The molecule has 3 aromatic rings. The third-order valence-corrected chi connectivity index (χ3v) is 4.20. The molecule has 2 aromatic carbocycles. The zero-order valence-electron chi connectivity index (χ0n) is 14.1. The van der Waals surface area contributed by atoms with Crippen LogP contribution in [0.25, 0.3) is 10.9 Å². The molecule has 0 fully saturated rings. The minimum absolute atomic E-state index is 0.0876. The Hall–Kier alpha value is -2.37. The highest BCUT2D eigenvalue weighted by atomic mass is 35.5. The van der Waals surface area contributed by atoms with E-state index in [1.165, 1.54) is 10.9 Å². The van der Waals surface area contributed by atoms with E-state index in [4.69, 9.17) is 16.3 Å². The van der Waals surface area contributed by atoms with Gasteiger partial charge in [-0.2, -0.15) is 0 Å². The summed E-state index contributed by atoms with van der Waals surface area (Å²) in [5.41, 5.74) is 2.42. The Morgan fingerprint density at radius 1 is 1.24 bits per heavy atom. The van der Waals surface area contributed by atoms with Gasteiger partial charge in [0.15, 0.2) is 0 Å². The Morgan fingerprint density at radius 3 is 2.84 bits per heavy atom. The normalized spacial score (nSPS) is 12.3. The first-order chi connectivity index (χ1) is 11.9. The van der Waals surface area contributed by atoms with Gasteiger partial charge in [0.25, 0.3) is 5.56 Å².